The number of halogens is 3. The van der Waals surface area contributed by atoms with Crippen LogP contribution in [0.3, 0.4) is 0 Å². The molecule has 2 aromatic heterocycles. The molecule has 2 aromatic carbocycles. The Labute approximate surface area is 256 Å². The summed E-state index contributed by atoms with van der Waals surface area (Å²) in [4.78, 5) is 14.0. The van der Waals surface area contributed by atoms with E-state index in [1.165, 1.54) is 11.3 Å². The fraction of sp³-hybridized carbons (Fsp3) is 0.484. The van der Waals surface area contributed by atoms with Crippen LogP contribution in [0, 0.1) is 5.82 Å². The van der Waals surface area contributed by atoms with E-state index in [-0.39, 0.29) is 46.3 Å². The number of rotatable bonds is 4. The second-order valence-electron chi connectivity index (χ2n) is 12.7. The van der Waals surface area contributed by atoms with E-state index in [0.29, 0.717) is 59.7 Å². The largest absolute Gasteiger partial charge is 0.489 e. The van der Waals surface area contributed by atoms with Crippen LogP contribution in [0.2, 0.25) is 5.02 Å². The van der Waals surface area contributed by atoms with Gasteiger partial charge in [-0.25, -0.2) is 8.78 Å². The molecule has 12 heteroatoms. The third-order valence-electron chi connectivity index (χ3n) is 10.2. The van der Waals surface area contributed by atoms with Gasteiger partial charge in [0, 0.05) is 41.9 Å². The second-order valence-corrected chi connectivity index (χ2v) is 14.2. The summed E-state index contributed by atoms with van der Waals surface area (Å²) in [5.41, 5.74) is 6.62. The van der Waals surface area contributed by atoms with Crippen molar-refractivity contribution in [2.45, 2.75) is 61.9 Å². The van der Waals surface area contributed by atoms with Gasteiger partial charge in [0.1, 0.15) is 30.7 Å². The van der Waals surface area contributed by atoms with Crippen LogP contribution in [0.4, 0.5) is 19.6 Å². The van der Waals surface area contributed by atoms with Gasteiger partial charge in [-0.1, -0.05) is 17.7 Å². The van der Waals surface area contributed by atoms with Crippen molar-refractivity contribution in [1.82, 2.24) is 20.2 Å². The molecule has 4 fully saturated rings. The van der Waals surface area contributed by atoms with Crippen LogP contribution in [0.25, 0.3) is 32.1 Å². The number of thiophene rings is 1. The highest BCUT2D eigenvalue weighted by atomic mass is 35.5. The highest BCUT2D eigenvalue weighted by molar-refractivity contribution is 7.22. The van der Waals surface area contributed by atoms with E-state index in [4.69, 9.17) is 31.8 Å². The molecular formula is C31H31ClF2N6O2S. The van der Waals surface area contributed by atoms with E-state index in [0.717, 1.165) is 42.3 Å². The van der Waals surface area contributed by atoms with Gasteiger partial charge in [-0.2, -0.15) is 9.97 Å². The first-order valence-electron chi connectivity index (χ1n) is 15.1. The SMILES string of the molecule is Nc1cc2cc(-c3c(Cl)c4c5c(nc(OC[C@@]67CCCN6C[C@H](F)C7)nc5c3F)N3CC5CCC(N5)C3CO4)ccc2s1. The molecule has 0 spiro atoms. The van der Waals surface area contributed by atoms with Gasteiger partial charge in [-0.05, 0) is 61.4 Å². The number of benzene rings is 2. The lowest BCUT2D eigenvalue weighted by Crippen LogP contribution is -2.60. The fourth-order valence-electron chi connectivity index (χ4n) is 8.27. The molecule has 2 bridgehead atoms. The summed E-state index contributed by atoms with van der Waals surface area (Å²) in [7, 11) is 0. The zero-order chi connectivity index (χ0) is 29.0. The van der Waals surface area contributed by atoms with Gasteiger partial charge in [0.2, 0.25) is 0 Å². The lowest BCUT2D eigenvalue weighted by atomic mass is 9.95. The van der Waals surface area contributed by atoms with Gasteiger partial charge in [-0.15, -0.1) is 11.3 Å². The van der Waals surface area contributed by atoms with Gasteiger partial charge >= 0.3 is 6.01 Å². The zero-order valence-corrected chi connectivity index (χ0v) is 25.0. The number of nitrogen functional groups attached to an aromatic ring is 1. The van der Waals surface area contributed by atoms with Crippen molar-refractivity contribution in [2.75, 3.05) is 43.5 Å². The van der Waals surface area contributed by atoms with Crippen molar-refractivity contribution in [3.8, 4) is 22.9 Å². The molecule has 224 valence electrons. The highest BCUT2D eigenvalue weighted by Crippen LogP contribution is 2.50. The number of nitrogens with two attached hydrogens (primary N) is 1. The molecule has 0 radical (unpaired) electrons. The van der Waals surface area contributed by atoms with Crippen molar-refractivity contribution >= 4 is 54.7 Å². The van der Waals surface area contributed by atoms with Crippen molar-refractivity contribution in [2.24, 2.45) is 0 Å². The van der Waals surface area contributed by atoms with Crippen molar-refractivity contribution in [1.29, 1.82) is 0 Å². The van der Waals surface area contributed by atoms with Crippen LogP contribution in [0.1, 0.15) is 32.1 Å². The summed E-state index contributed by atoms with van der Waals surface area (Å²) in [6.45, 7) is 2.64. The lowest BCUT2D eigenvalue weighted by molar-refractivity contribution is 0.107. The average molecular weight is 625 g/mol. The van der Waals surface area contributed by atoms with E-state index >= 15 is 4.39 Å². The first kappa shape index (κ1) is 26.4. The number of hydrogen-bond donors (Lipinski definition) is 2. The first-order valence-corrected chi connectivity index (χ1v) is 16.3. The van der Waals surface area contributed by atoms with Crippen LogP contribution in [-0.4, -0.2) is 77.6 Å². The van der Waals surface area contributed by atoms with Crippen LogP contribution in [0.5, 0.6) is 11.8 Å². The maximum atomic E-state index is 16.9. The van der Waals surface area contributed by atoms with Crippen LogP contribution >= 0.6 is 22.9 Å². The quantitative estimate of drug-likeness (QED) is 0.306. The molecule has 5 aliphatic rings. The Bertz CT molecular complexity index is 1810. The topological polar surface area (TPSA) is 88.8 Å². The van der Waals surface area contributed by atoms with Gasteiger partial charge in [0.15, 0.2) is 11.6 Å². The molecule has 5 aliphatic heterocycles. The van der Waals surface area contributed by atoms with E-state index in [1.54, 1.807) is 0 Å². The number of nitrogens with one attached hydrogen (secondary N) is 1. The summed E-state index contributed by atoms with van der Waals surface area (Å²) < 4.78 is 45.1. The Morgan fingerprint density at radius 1 is 1.23 bits per heavy atom. The van der Waals surface area contributed by atoms with Crippen LogP contribution in [0.15, 0.2) is 24.3 Å². The second kappa shape index (κ2) is 9.50. The summed E-state index contributed by atoms with van der Waals surface area (Å²) in [6.07, 6.45) is 3.51. The normalized spacial score (nSPS) is 29.6. The molecule has 4 saturated heterocycles. The average Bonchev–Trinajstić information content (AvgIpc) is 3.71. The maximum Gasteiger partial charge on any atom is 0.319 e. The Morgan fingerprint density at radius 2 is 2.14 bits per heavy atom. The van der Waals surface area contributed by atoms with Crippen LogP contribution < -0.4 is 25.4 Å². The molecular weight excluding hydrogens is 594 g/mol. The Kier molecular flexibility index (Phi) is 5.84. The molecule has 3 unspecified atom stereocenters. The summed E-state index contributed by atoms with van der Waals surface area (Å²) >= 11 is 8.53. The van der Waals surface area contributed by atoms with E-state index in [9.17, 15) is 4.39 Å². The molecule has 43 heavy (non-hydrogen) atoms. The van der Waals surface area contributed by atoms with Crippen molar-refractivity contribution in [3.63, 3.8) is 0 Å². The molecule has 4 aromatic rings. The number of fused-ring (bicyclic) bond motifs is 7. The minimum atomic E-state index is -0.874. The van der Waals surface area contributed by atoms with Gasteiger partial charge in [0.05, 0.1) is 27.0 Å². The molecule has 0 amide bonds. The summed E-state index contributed by atoms with van der Waals surface area (Å²) in [5, 5.41) is 5.98. The number of ether oxygens (including phenoxy) is 2. The van der Waals surface area contributed by atoms with Gasteiger partial charge in [-0.3, -0.25) is 4.90 Å². The van der Waals surface area contributed by atoms with E-state index in [1.807, 2.05) is 24.3 Å². The first-order chi connectivity index (χ1) is 20.9. The number of alkyl halides is 1. The third kappa shape index (κ3) is 3.97. The van der Waals surface area contributed by atoms with Crippen molar-refractivity contribution < 1.29 is 18.3 Å². The van der Waals surface area contributed by atoms with E-state index < -0.39 is 12.0 Å². The summed E-state index contributed by atoms with van der Waals surface area (Å²) in [6, 6.07) is 8.19. The Morgan fingerprint density at radius 3 is 3.05 bits per heavy atom. The number of nitrogens with zero attached hydrogens (tertiary/aromatic N) is 4. The minimum Gasteiger partial charge on any atom is -0.489 e. The number of anilines is 2. The molecule has 5 atom stereocenters. The standard InChI is InChI=1S/C31H31ClF2N6O2S/c32-25-23(15-2-5-21-16(8-15)9-22(35)43-21)26(34)27-24-28(25)41-13-20-19-4-3-18(36-19)12-40(20)29(24)38-30(37-27)42-14-31-6-1-7-39(31)11-17(33)10-31/h2,5,8-9,17-20,36H,1,3-4,6-7,10-14,35H2/t17-,18?,19?,20?,31+/m1/s1. The van der Waals surface area contributed by atoms with E-state index in [2.05, 4.69) is 20.1 Å². The highest BCUT2D eigenvalue weighted by Gasteiger charge is 2.50. The van der Waals surface area contributed by atoms with Gasteiger partial charge in [0.25, 0.3) is 0 Å². The Balaban J connectivity index is 1.21. The number of aromatic nitrogens is 2. The molecule has 7 heterocycles. The van der Waals surface area contributed by atoms with Crippen molar-refractivity contribution in [3.05, 3.63) is 35.1 Å². The third-order valence-corrected chi connectivity index (χ3v) is 11.5. The Hall–Kier alpha value is -2.99. The number of hydrogen-bond acceptors (Lipinski definition) is 9. The molecule has 3 N–H and O–H groups in total. The van der Waals surface area contributed by atoms with Gasteiger partial charge < -0.3 is 25.4 Å². The molecule has 0 aliphatic carbocycles. The summed E-state index contributed by atoms with van der Waals surface area (Å²) in [5.74, 6) is 0.423. The fourth-order valence-corrected chi connectivity index (χ4v) is 9.42. The minimum absolute atomic E-state index is 0.00384. The predicted octanol–water partition coefficient (Wildman–Crippen LogP) is 5.54. The molecule has 9 rings (SSSR count). The predicted molar refractivity (Wildman–Crippen MR) is 165 cm³/mol. The monoisotopic (exact) mass is 624 g/mol. The van der Waals surface area contributed by atoms with Crippen LogP contribution in [-0.2, 0) is 0 Å². The number of piperazine rings is 1. The smallest absolute Gasteiger partial charge is 0.319 e. The lowest BCUT2D eigenvalue weighted by Gasteiger charge is -2.40. The molecule has 8 nitrogen and oxygen atoms in total. The zero-order valence-electron chi connectivity index (χ0n) is 23.4. The molecule has 0 saturated carbocycles. The maximum absolute atomic E-state index is 16.9.